The molecule has 1 aliphatic heterocycles. The molecular weight excluding hydrogens is 337 g/mol. The molecule has 1 heterocycles. The van der Waals surface area contributed by atoms with Crippen molar-refractivity contribution in [2.45, 2.75) is 78.3 Å². The number of aliphatic hydroxyl groups is 1. The Bertz CT molecular complexity index is 575. The first kappa shape index (κ1) is 20.0. The minimum absolute atomic E-state index is 0.0103. The van der Waals surface area contributed by atoms with Crippen molar-refractivity contribution >= 4 is 11.8 Å². The van der Waals surface area contributed by atoms with Crippen LogP contribution in [0, 0.1) is 17.3 Å². The molecule has 0 aromatic rings. The molecule has 1 amide bonds. The Morgan fingerprint density at radius 1 is 1.24 bits per heavy atom. The van der Waals surface area contributed by atoms with Crippen molar-refractivity contribution in [2.24, 2.45) is 22.4 Å². The Morgan fingerprint density at radius 3 is 2.24 bits per heavy atom. The summed E-state index contributed by atoms with van der Waals surface area (Å²) in [6.45, 7) is 10.5. The molecular formula is C17H27F3N2O3. The Balaban J connectivity index is 2.40. The quantitative estimate of drug-likeness (QED) is 0.697. The molecule has 144 valence electrons. The van der Waals surface area contributed by atoms with Crippen LogP contribution in [0.2, 0.25) is 0 Å². The number of halogens is 3. The van der Waals surface area contributed by atoms with Gasteiger partial charge in [-0.05, 0) is 51.4 Å². The Hall–Kier alpha value is -1.31. The van der Waals surface area contributed by atoms with Crippen molar-refractivity contribution in [2.75, 3.05) is 0 Å². The summed E-state index contributed by atoms with van der Waals surface area (Å²) < 4.78 is 46.5. The van der Waals surface area contributed by atoms with Crippen LogP contribution in [-0.2, 0) is 4.74 Å². The van der Waals surface area contributed by atoms with Crippen LogP contribution in [0.4, 0.5) is 18.0 Å². The highest BCUT2D eigenvalue weighted by Gasteiger charge is 2.70. The predicted octanol–water partition coefficient (Wildman–Crippen LogP) is 4.31. The summed E-state index contributed by atoms with van der Waals surface area (Å²) in [6.07, 6.45) is -5.21. The van der Waals surface area contributed by atoms with Crippen molar-refractivity contribution in [3.63, 3.8) is 0 Å². The molecule has 0 aromatic heterocycles. The number of hydrogen-bond acceptors (Lipinski definition) is 4. The molecule has 1 fully saturated rings. The van der Waals surface area contributed by atoms with E-state index in [0.717, 1.165) is 0 Å². The van der Waals surface area contributed by atoms with Gasteiger partial charge in [0.15, 0.2) is 0 Å². The number of carbonyl (C=O) groups is 1. The van der Waals surface area contributed by atoms with E-state index in [2.05, 4.69) is 5.10 Å². The first-order valence-corrected chi connectivity index (χ1v) is 8.47. The van der Waals surface area contributed by atoms with Gasteiger partial charge in [0.25, 0.3) is 5.72 Å². The summed E-state index contributed by atoms with van der Waals surface area (Å²) in [5.41, 5.74) is -4.34. The van der Waals surface area contributed by atoms with Crippen LogP contribution in [0.1, 0.15) is 60.8 Å². The molecule has 8 heteroatoms. The van der Waals surface area contributed by atoms with E-state index in [1.54, 1.807) is 20.8 Å². The number of fused-ring (bicyclic) bond motifs is 1. The van der Waals surface area contributed by atoms with E-state index >= 15 is 0 Å². The first-order chi connectivity index (χ1) is 11.1. The van der Waals surface area contributed by atoms with Crippen LogP contribution in [0.15, 0.2) is 5.10 Å². The van der Waals surface area contributed by atoms with Gasteiger partial charge in [0, 0.05) is 5.71 Å². The number of alkyl halides is 3. The lowest BCUT2D eigenvalue weighted by Crippen LogP contribution is -2.62. The zero-order valence-corrected chi connectivity index (χ0v) is 15.6. The molecule has 0 radical (unpaired) electrons. The van der Waals surface area contributed by atoms with Crippen LogP contribution in [0.3, 0.4) is 0 Å². The maximum Gasteiger partial charge on any atom is 0.439 e. The molecule has 0 spiro atoms. The summed E-state index contributed by atoms with van der Waals surface area (Å²) in [5, 5.41) is 14.6. The zero-order chi connectivity index (χ0) is 19.4. The second-order valence-corrected chi connectivity index (χ2v) is 9.00. The summed E-state index contributed by atoms with van der Waals surface area (Å²) in [7, 11) is 0. The highest BCUT2D eigenvalue weighted by molar-refractivity contribution is 5.92. The van der Waals surface area contributed by atoms with Crippen molar-refractivity contribution < 1.29 is 27.8 Å². The van der Waals surface area contributed by atoms with Gasteiger partial charge in [-0.3, -0.25) is 0 Å². The van der Waals surface area contributed by atoms with Gasteiger partial charge in [-0.25, -0.2) is 4.79 Å². The van der Waals surface area contributed by atoms with E-state index in [-0.39, 0.29) is 28.5 Å². The van der Waals surface area contributed by atoms with Crippen molar-refractivity contribution in [3.8, 4) is 0 Å². The molecule has 3 atom stereocenters. The number of nitrogens with zero attached hydrogens (tertiary/aromatic N) is 2. The second-order valence-electron chi connectivity index (χ2n) is 9.00. The minimum atomic E-state index is -5.04. The normalized spacial score (nSPS) is 30.8. The lowest BCUT2D eigenvalue weighted by molar-refractivity contribution is -0.317. The third kappa shape index (κ3) is 3.64. The Labute approximate surface area is 146 Å². The average Bonchev–Trinajstić information content (AvgIpc) is 2.70. The molecule has 2 aliphatic rings. The monoisotopic (exact) mass is 364 g/mol. The van der Waals surface area contributed by atoms with Crippen LogP contribution in [0.5, 0.6) is 0 Å². The summed E-state index contributed by atoms with van der Waals surface area (Å²) >= 11 is 0. The number of hydrogen-bond donors (Lipinski definition) is 1. The first-order valence-electron chi connectivity index (χ1n) is 8.47. The fourth-order valence-corrected chi connectivity index (χ4v) is 3.49. The highest BCUT2D eigenvalue weighted by Crippen LogP contribution is 2.52. The second kappa shape index (κ2) is 5.86. The number of hydrazone groups is 1. The number of carbonyl (C=O) groups excluding carboxylic acids is 1. The summed E-state index contributed by atoms with van der Waals surface area (Å²) in [5.74, 6) is -1.28. The van der Waals surface area contributed by atoms with Crippen LogP contribution >= 0.6 is 0 Å². The van der Waals surface area contributed by atoms with E-state index in [1.807, 2.05) is 20.8 Å². The third-order valence-corrected chi connectivity index (χ3v) is 4.92. The predicted molar refractivity (Wildman–Crippen MR) is 86.8 cm³/mol. The van der Waals surface area contributed by atoms with Gasteiger partial charge in [0.2, 0.25) is 0 Å². The van der Waals surface area contributed by atoms with E-state index in [9.17, 15) is 23.1 Å². The van der Waals surface area contributed by atoms with Gasteiger partial charge in [-0.2, -0.15) is 23.3 Å². The molecule has 0 unspecified atom stereocenters. The molecule has 0 aromatic carbocycles. The van der Waals surface area contributed by atoms with Crippen molar-refractivity contribution in [1.82, 2.24) is 5.01 Å². The van der Waals surface area contributed by atoms with Crippen LogP contribution in [-0.4, -0.2) is 39.4 Å². The van der Waals surface area contributed by atoms with E-state index in [4.69, 9.17) is 4.74 Å². The van der Waals surface area contributed by atoms with Gasteiger partial charge < -0.3 is 9.84 Å². The largest absolute Gasteiger partial charge is 0.442 e. The topological polar surface area (TPSA) is 62.1 Å². The maximum atomic E-state index is 13.8. The molecule has 1 N–H and O–H groups in total. The maximum absolute atomic E-state index is 13.8. The Morgan fingerprint density at radius 2 is 1.80 bits per heavy atom. The molecule has 0 bridgehead atoms. The molecule has 5 nitrogen and oxygen atoms in total. The number of ether oxygens (including phenoxy) is 1. The zero-order valence-electron chi connectivity index (χ0n) is 15.6. The SMILES string of the molecule is CC(C)(C)OC(=O)N1N=C2CC[C@H](C(C)(C)C)C[C@@H]2[C@@]1(O)C(F)(F)F. The van der Waals surface area contributed by atoms with Gasteiger partial charge in [-0.15, -0.1) is 0 Å². The Kier molecular flexibility index (Phi) is 4.69. The van der Waals surface area contributed by atoms with Crippen LogP contribution in [0.25, 0.3) is 0 Å². The smallest absolute Gasteiger partial charge is 0.439 e. The van der Waals surface area contributed by atoms with Gasteiger partial charge in [0.05, 0.1) is 5.92 Å². The molecule has 25 heavy (non-hydrogen) atoms. The fourth-order valence-electron chi connectivity index (χ4n) is 3.49. The molecule has 1 aliphatic carbocycles. The summed E-state index contributed by atoms with van der Waals surface area (Å²) in [6, 6.07) is 0. The lowest BCUT2D eigenvalue weighted by atomic mass is 9.66. The number of amides is 1. The molecule has 2 rings (SSSR count). The highest BCUT2D eigenvalue weighted by atomic mass is 19.4. The third-order valence-electron chi connectivity index (χ3n) is 4.92. The molecule has 0 saturated heterocycles. The van der Waals surface area contributed by atoms with E-state index in [0.29, 0.717) is 12.8 Å². The molecule has 1 saturated carbocycles. The minimum Gasteiger partial charge on any atom is -0.442 e. The standard InChI is InChI=1S/C17H27F3N2O3/c1-14(2,3)10-7-8-12-11(9-10)16(24,17(18,19)20)22(21-12)13(23)25-15(4,5)6/h10-11,24H,7-9H2,1-6H3/t10-,11-,16+/m0/s1. The van der Waals surface area contributed by atoms with Crippen molar-refractivity contribution in [3.05, 3.63) is 0 Å². The van der Waals surface area contributed by atoms with Crippen LogP contribution < -0.4 is 0 Å². The number of rotatable bonds is 0. The van der Waals surface area contributed by atoms with Crippen molar-refractivity contribution in [1.29, 1.82) is 0 Å². The van der Waals surface area contributed by atoms with Gasteiger partial charge >= 0.3 is 12.3 Å². The lowest BCUT2D eigenvalue weighted by Gasteiger charge is -2.42. The average molecular weight is 364 g/mol. The fraction of sp³-hybridized carbons (Fsp3) is 0.882. The van der Waals surface area contributed by atoms with E-state index in [1.165, 1.54) is 0 Å². The van der Waals surface area contributed by atoms with Gasteiger partial charge in [0.1, 0.15) is 5.60 Å². The van der Waals surface area contributed by atoms with Gasteiger partial charge in [-0.1, -0.05) is 20.8 Å². The summed E-state index contributed by atoms with van der Waals surface area (Å²) in [4.78, 5) is 12.3. The van der Waals surface area contributed by atoms with E-state index < -0.39 is 29.5 Å².